The molecule has 2 nitrogen and oxygen atoms in total. The lowest BCUT2D eigenvalue weighted by atomic mass is 9.64. The van der Waals surface area contributed by atoms with E-state index in [1.807, 2.05) is 30.3 Å². The minimum Gasteiger partial charge on any atom is -0.432 e. The fraction of sp³-hybridized carbons (Fsp3) is 0.680. The summed E-state index contributed by atoms with van der Waals surface area (Å²) in [6.07, 6.45) is 13.9. The van der Waals surface area contributed by atoms with Crippen molar-refractivity contribution in [3.8, 4) is 5.75 Å². The molecule has 2 rings (SSSR count). The number of nitrogens with zero attached hydrogens (tertiary/aromatic N) is 1. The monoisotopic (exact) mass is 402 g/mol. The summed E-state index contributed by atoms with van der Waals surface area (Å²) in [6.45, 7) is 11.4. The minimum atomic E-state index is 0.258. The Hall–Kier alpha value is -1.09. The Kier molecular flexibility index (Phi) is 9.27. The molecule has 28 heavy (non-hydrogen) atoms. The Morgan fingerprint density at radius 3 is 2.36 bits per heavy atom. The van der Waals surface area contributed by atoms with E-state index in [-0.39, 0.29) is 5.41 Å². The molecule has 1 aromatic carbocycles. The fourth-order valence-corrected chi connectivity index (χ4v) is 4.92. The van der Waals surface area contributed by atoms with E-state index in [0.29, 0.717) is 10.6 Å². The lowest BCUT2D eigenvalue weighted by molar-refractivity contribution is 0.0999. The predicted octanol–water partition coefficient (Wildman–Crippen LogP) is 7.43. The SMILES string of the molecule is CCCCCCCCN(CC1(C)C[CH]CC(C)(C)C1)C(=S)Oc1ccccc1. The van der Waals surface area contributed by atoms with Crippen LogP contribution in [0.2, 0.25) is 0 Å². The van der Waals surface area contributed by atoms with Gasteiger partial charge in [0.15, 0.2) is 0 Å². The van der Waals surface area contributed by atoms with E-state index in [0.717, 1.165) is 25.3 Å². The van der Waals surface area contributed by atoms with Crippen molar-refractivity contribution < 1.29 is 4.74 Å². The molecule has 0 heterocycles. The molecule has 1 aliphatic rings. The molecule has 1 saturated carbocycles. The third kappa shape index (κ3) is 8.11. The standard InChI is InChI=1S/C25H40NOS/c1-5-6-7-8-9-13-19-26(23(28)27-22-15-11-10-12-16-22)21-25(4)18-14-17-24(2,3)20-25/h10-12,14-16H,5-9,13,17-21H2,1-4H3. The van der Waals surface area contributed by atoms with E-state index in [2.05, 4.69) is 39.0 Å². The van der Waals surface area contributed by atoms with E-state index >= 15 is 0 Å². The summed E-state index contributed by atoms with van der Waals surface area (Å²) in [5.41, 5.74) is 0.634. The first kappa shape index (κ1) is 23.2. The molecule has 0 aliphatic heterocycles. The van der Waals surface area contributed by atoms with E-state index in [9.17, 15) is 0 Å². The highest BCUT2D eigenvalue weighted by molar-refractivity contribution is 7.80. The van der Waals surface area contributed by atoms with Gasteiger partial charge in [0.25, 0.3) is 5.17 Å². The molecule has 1 aromatic rings. The molecule has 1 aliphatic carbocycles. The average molecular weight is 403 g/mol. The van der Waals surface area contributed by atoms with Crippen molar-refractivity contribution in [2.75, 3.05) is 13.1 Å². The van der Waals surface area contributed by atoms with Crippen molar-refractivity contribution >= 4 is 17.4 Å². The number of thiocarbonyl (C=S) groups is 1. The molecule has 0 amide bonds. The van der Waals surface area contributed by atoms with Crippen LogP contribution in [0, 0.1) is 17.3 Å². The largest absolute Gasteiger partial charge is 0.432 e. The first-order valence-electron chi connectivity index (χ1n) is 11.2. The zero-order valence-corrected chi connectivity index (χ0v) is 19.3. The highest BCUT2D eigenvalue weighted by atomic mass is 32.1. The van der Waals surface area contributed by atoms with Crippen LogP contribution in [-0.2, 0) is 0 Å². The smallest absolute Gasteiger partial charge is 0.264 e. The lowest BCUT2D eigenvalue weighted by Crippen LogP contribution is -2.45. The lowest BCUT2D eigenvalue weighted by Gasteiger charge is -2.45. The van der Waals surface area contributed by atoms with Gasteiger partial charge in [0, 0.05) is 13.1 Å². The second kappa shape index (κ2) is 11.2. The molecule has 0 spiro atoms. The van der Waals surface area contributed by atoms with Crippen molar-refractivity contribution in [2.24, 2.45) is 10.8 Å². The molecule has 0 saturated heterocycles. The average Bonchev–Trinajstić information content (AvgIpc) is 2.63. The van der Waals surface area contributed by atoms with E-state index < -0.39 is 0 Å². The maximum Gasteiger partial charge on any atom is 0.264 e. The second-order valence-electron chi connectivity index (χ2n) is 9.72. The Morgan fingerprint density at radius 2 is 1.68 bits per heavy atom. The molecular formula is C25H40NOS. The van der Waals surface area contributed by atoms with Gasteiger partial charge >= 0.3 is 0 Å². The predicted molar refractivity (Wildman–Crippen MR) is 125 cm³/mol. The van der Waals surface area contributed by atoms with E-state index in [1.165, 1.54) is 51.4 Å². The molecule has 0 aromatic heterocycles. The molecule has 157 valence electrons. The summed E-state index contributed by atoms with van der Waals surface area (Å²) in [7, 11) is 0. The van der Waals surface area contributed by atoms with Crippen LogP contribution in [0.15, 0.2) is 30.3 Å². The summed E-state index contributed by atoms with van der Waals surface area (Å²) in [6, 6.07) is 9.96. The van der Waals surface area contributed by atoms with Crippen LogP contribution in [0.5, 0.6) is 5.75 Å². The van der Waals surface area contributed by atoms with Gasteiger partial charge < -0.3 is 9.64 Å². The molecule has 1 atom stereocenters. The summed E-state index contributed by atoms with van der Waals surface area (Å²) < 4.78 is 6.06. The number of unbranched alkanes of at least 4 members (excludes halogenated alkanes) is 5. The summed E-state index contributed by atoms with van der Waals surface area (Å²) in [5, 5.41) is 0.629. The molecular weight excluding hydrogens is 362 g/mol. The highest BCUT2D eigenvalue weighted by Gasteiger charge is 2.38. The first-order valence-corrected chi connectivity index (χ1v) is 11.6. The number of rotatable bonds is 10. The van der Waals surface area contributed by atoms with E-state index in [1.54, 1.807) is 0 Å². The summed E-state index contributed by atoms with van der Waals surface area (Å²) >= 11 is 5.75. The van der Waals surface area contributed by atoms with Crippen molar-refractivity contribution in [3.63, 3.8) is 0 Å². The number of para-hydroxylation sites is 1. The summed E-state index contributed by atoms with van der Waals surface area (Å²) in [4.78, 5) is 2.33. The Morgan fingerprint density at radius 1 is 1.00 bits per heavy atom. The first-order chi connectivity index (χ1) is 13.3. The van der Waals surface area contributed by atoms with Crippen LogP contribution >= 0.6 is 12.2 Å². The quantitative estimate of drug-likeness (QED) is 0.298. The van der Waals surface area contributed by atoms with Gasteiger partial charge in [0.1, 0.15) is 5.75 Å². The molecule has 1 radical (unpaired) electrons. The Labute approximate surface area is 179 Å². The third-order valence-corrected chi connectivity index (χ3v) is 6.14. The number of benzene rings is 1. The van der Waals surface area contributed by atoms with Gasteiger partial charge in [-0.2, -0.15) is 0 Å². The normalized spacial score (nSPS) is 21.3. The van der Waals surface area contributed by atoms with Crippen molar-refractivity contribution in [1.82, 2.24) is 4.90 Å². The zero-order valence-electron chi connectivity index (χ0n) is 18.5. The maximum absolute atomic E-state index is 6.06. The molecule has 1 unspecified atom stereocenters. The van der Waals surface area contributed by atoms with Gasteiger partial charge in [0.2, 0.25) is 0 Å². The number of hydrogen-bond acceptors (Lipinski definition) is 2. The van der Waals surface area contributed by atoms with Gasteiger partial charge in [0.05, 0.1) is 0 Å². The topological polar surface area (TPSA) is 12.5 Å². The van der Waals surface area contributed by atoms with Gasteiger partial charge in [-0.25, -0.2) is 0 Å². The van der Waals surface area contributed by atoms with Crippen LogP contribution < -0.4 is 4.74 Å². The number of ether oxygens (including phenoxy) is 1. The van der Waals surface area contributed by atoms with Gasteiger partial charge in [-0.3, -0.25) is 0 Å². The van der Waals surface area contributed by atoms with Gasteiger partial charge in [-0.1, -0.05) is 78.0 Å². The van der Waals surface area contributed by atoms with Crippen LogP contribution in [0.1, 0.15) is 85.5 Å². The van der Waals surface area contributed by atoms with Crippen LogP contribution in [-0.4, -0.2) is 23.2 Å². The maximum atomic E-state index is 6.06. The Balaban J connectivity index is 1.97. The van der Waals surface area contributed by atoms with E-state index in [4.69, 9.17) is 17.0 Å². The second-order valence-corrected chi connectivity index (χ2v) is 10.1. The Bertz CT molecular complexity index is 585. The van der Waals surface area contributed by atoms with Gasteiger partial charge in [-0.05, 0) is 67.3 Å². The molecule has 3 heteroatoms. The fourth-order valence-electron chi connectivity index (χ4n) is 4.66. The van der Waals surface area contributed by atoms with Crippen molar-refractivity contribution in [3.05, 3.63) is 36.8 Å². The van der Waals surface area contributed by atoms with Crippen LogP contribution in [0.3, 0.4) is 0 Å². The zero-order chi connectivity index (χ0) is 20.5. The summed E-state index contributed by atoms with van der Waals surface area (Å²) in [5.74, 6) is 0.834. The van der Waals surface area contributed by atoms with Crippen molar-refractivity contribution in [2.45, 2.75) is 85.5 Å². The van der Waals surface area contributed by atoms with Crippen LogP contribution in [0.25, 0.3) is 0 Å². The minimum absolute atomic E-state index is 0.258. The molecule has 0 bridgehead atoms. The molecule has 0 N–H and O–H groups in total. The van der Waals surface area contributed by atoms with Crippen LogP contribution in [0.4, 0.5) is 0 Å². The highest BCUT2D eigenvalue weighted by Crippen LogP contribution is 2.46. The molecule has 1 fully saturated rings. The van der Waals surface area contributed by atoms with Crippen molar-refractivity contribution in [1.29, 1.82) is 0 Å². The number of hydrogen-bond donors (Lipinski definition) is 0. The van der Waals surface area contributed by atoms with Gasteiger partial charge in [-0.15, -0.1) is 0 Å². The third-order valence-electron chi connectivity index (χ3n) is 5.80.